The summed E-state index contributed by atoms with van der Waals surface area (Å²) in [4.78, 5) is 3.65. The third kappa shape index (κ3) is 3.93. The molecule has 0 radical (unpaired) electrons. The fourth-order valence-corrected chi connectivity index (χ4v) is 6.59. The molecule has 2 aromatic heterocycles. The van der Waals surface area contributed by atoms with E-state index in [1.165, 1.54) is 0 Å². The molecule has 0 amide bonds. The quantitative estimate of drug-likeness (QED) is 0.194. The number of hydrogen-bond acceptors (Lipinski definition) is 3. The summed E-state index contributed by atoms with van der Waals surface area (Å²) in [7, 11) is 0. The molecule has 8 aromatic rings. The molecule has 6 aromatic carbocycles. The summed E-state index contributed by atoms with van der Waals surface area (Å²) < 4.78 is 4.37. The number of hydrogen-bond donors (Lipinski definition) is 0. The molecule has 46 heavy (non-hydrogen) atoms. The van der Waals surface area contributed by atoms with Gasteiger partial charge < -0.3 is 9.13 Å². The van der Waals surface area contributed by atoms with E-state index in [4.69, 9.17) is 6.57 Å². The SMILES string of the molecule is [C-]#[N+]c1ccc(C#N)c(-c2cc(-n3c4ccccc4c4ccccc43)cc(-n3c4ccc(C#N)cc4c4cc(C#N)ccc43)c2)c1. The maximum absolute atomic E-state index is 10.1. The first-order chi connectivity index (χ1) is 22.6. The van der Waals surface area contributed by atoms with E-state index in [-0.39, 0.29) is 0 Å². The fraction of sp³-hybridized carbons (Fsp3) is 0. The van der Waals surface area contributed by atoms with Crippen LogP contribution in [0.15, 0.2) is 121 Å². The summed E-state index contributed by atoms with van der Waals surface area (Å²) in [5.41, 5.74) is 9.00. The number of nitrogens with zero attached hydrogens (tertiary/aromatic N) is 6. The minimum atomic E-state index is 0.447. The molecule has 0 aliphatic carbocycles. The second-order valence-electron chi connectivity index (χ2n) is 11.1. The number of nitriles is 3. The van der Waals surface area contributed by atoms with E-state index in [1.54, 1.807) is 30.3 Å². The molecule has 6 heteroatoms. The van der Waals surface area contributed by atoms with Crippen molar-refractivity contribution in [2.45, 2.75) is 0 Å². The molecular weight excluding hydrogens is 564 g/mol. The van der Waals surface area contributed by atoms with Crippen LogP contribution >= 0.6 is 0 Å². The van der Waals surface area contributed by atoms with Gasteiger partial charge in [0.25, 0.3) is 0 Å². The largest absolute Gasteiger partial charge is 0.309 e. The zero-order valence-electron chi connectivity index (χ0n) is 24.2. The Bertz CT molecular complexity index is 2620. The summed E-state index contributed by atoms with van der Waals surface area (Å²) in [5, 5.41) is 33.5. The van der Waals surface area contributed by atoms with Crippen LogP contribution in [0.5, 0.6) is 0 Å². The van der Waals surface area contributed by atoms with Crippen LogP contribution in [0.1, 0.15) is 16.7 Å². The van der Waals surface area contributed by atoms with Crippen molar-refractivity contribution in [2.75, 3.05) is 0 Å². The number of rotatable bonds is 3. The van der Waals surface area contributed by atoms with Crippen LogP contribution < -0.4 is 0 Å². The predicted octanol–water partition coefficient (Wildman–Crippen LogP) is 9.71. The first-order valence-electron chi connectivity index (χ1n) is 14.6. The van der Waals surface area contributed by atoms with E-state index < -0.39 is 0 Å². The number of fused-ring (bicyclic) bond motifs is 6. The maximum Gasteiger partial charge on any atom is 0.187 e. The van der Waals surface area contributed by atoms with Gasteiger partial charge in [0.1, 0.15) is 0 Å². The normalized spacial score (nSPS) is 11.0. The Labute approximate surface area is 263 Å². The van der Waals surface area contributed by atoms with Gasteiger partial charge in [-0.3, -0.25) is 0 Å². The van der Waals surface area contributed by atoms with Crippen molar-refractivity contribution in [3.8, 4) is 40.7 Å². The third-order valence-electron chi connectivity index (χ3n) is 8.59. The monoisotopic (exact) mass is 584 g/mol. The fourth-order valence-electron chi connectivity index (χ4n) is 6.59. The van der Waals surface area contributed by atoms with E-state index in [1.807, 2.05) is 54.6 Å². The van der Waals surface area contributed by atoms with Gasteiger partial charge in [0.2, 0.25) is 0 Å². The molecule has 0 bridgehead atoms. The Hall–Kier alpha value is -7.12. The first kappa shape index (κ1) is 26.5. The van der Waals surface area contributed by atoms with Crippen LogP contribution in [-0.2, 0) is 0 Å². The van der Waals surface area contributed by atoms with Crippen LogP contribution in [0.3, 0.4) is 0 Å². The van der Waals surface area contributed by atoms with Crippen molar-refractivity contribution in [3.63, 3.8) is 0 Å². The van der Waals surface area contributed by atoms with Crippen LogP contribution in [-0.4, -0.2) is 9.13 Å². The smallest absolute Gasteiger partial charge is 0.187 e. The lowest BCUT2D eigenvalue weighted by atomic mass is 9.98. The van der Waals surface area contributed by atoms with Gasteiger partial charge in [-0.15, -0.1) is 0 Å². The zero-order valence-corrected chi connectivity index (χ0v) is 24.2. The second-order valence-corrected chi connectivity index (χ2v) is 11.1. The molecule has 0 atom stereocenters. The third-order valence-corrected chi connectivity index (χ3v) is 8.59. The topological polar surface area (TPSA) is 85.6 Å². The van der Waals surface area contributed by atoms with Crippen molar-refractivity contribution < 1.29 is 0 Å². The van der Waals surface area contributed by atoms with Crippen molar-refractivity contribution in [2.24, 2.45) is 0 Å². The zero-order chi connectivity index (χ0) is 31.4. The van der Waals surface area contributed by atoms with Crippen molar-refractivity contribution in [3.05, 3.63) is 149 Å². The van der Waals surface area contributed by atoms with E-state index in [0.717, 1.165) is 60.5 Å². The molecule has 0 fully saturated rings. The maximum atomic E-state index is 10.1. The van der Waals surface area contributed by atoms with Crippen LogP contribution in [0.25, 0.3) is 71.0 Å². The molecule has 210 valence electrons. The first-order valence-corrected chi connectivity index (χ1v) is 14.6. The Kier molecular flexibility index (Phi) is 5.91. The summed E-state index contributed by atoms with van der Waals surface area (Å²) >= 11 is 0. The van der Waals surface area contributed by atoms with Gasteiger partial charge in [-0.2, -0.15) is 15.8 Å². The minimum absolute atomic E-state index is 0.447. The van der Waals surface area contributed by atoms with Gasteiger partial charge in [-0.1, -0.05) is 48.5 Å². The molecule has 0 spiro atoms. The van der Waals surface area contributed by atoms with Crippen LogP contribution in [0.4, 0.5) is 5.69 Å². The number of benzene rings is 6. The molecule has 0 aliphatic heterocycles. The Balaban J connectivity index is 1.53. The molecule has 8 rings (SSSR count). The Morgan fingerprint density at radius 1 is 0.500 bits per heavy atom. The molecular formula is C40H20N6. The molecule has 0 saturated carbocycles. The highest BCUT2D eigenvalue weighted by Crippen LogP contribution is 2.39. The van der Waals surface area contributed by atoms with Gasteiger partial charge >= 0.3 is 0 Å². The predicted molar refractivity (Wildman–Crippen MR) is 181 cm³/mol. The minimum Gasteiger partial charge on any atom is -0.309 e. The summed E-state index contributed by atoms with van der Waals surface area (Å²) in [6.45, 7) is 7.66. The van der Waals surface area contributed by atoms with Crippen LogP contribution in [0.2, 0.25) is 0 Å². The Morgan fingerprint density at radius 2 is 1.02 bits per heavy atom. The molecule has 2 heterocycles. The van der Waals surface area contributed by atoms with Crippen LogP contribution in [0, 0.1) is 40.6 Å². The van der Waals surface area contributed by atoms with Gasteiger partial charge in [0.15, 0.2) is 5.69 Å². The van der Waals surface area contributed by atoms with Gasteiger partial charge in [-0.05, 0) is 83.9 Å². The molecule has 0 N–H and O–H groups in total. The van der Waals surface area contributed by atoms with E-state index >= 15 is 0 Å². The lowest BCUT2D eigenvalue weighted by molar-refractivity contribution is 1.13. The van der Waals surface area contributed by atoms with E-state index in [0.29, 0.717) is 27.9 Å². The highest BCUT2D eigenvalue weighted by atomic mass is 15.0. The van der Waals surface area contributed by atoms with Gasteiger partial charge in [0.05, 0.1) is 63.5 Å². The highest BCUT2D eigenvalue weighted by Gasteiger charge is 2.19. The lowest BCUT2D eigenvalue weighted by Crippen LogP contribution is -2.00. The Morgan fingerprint density at radius 3 is 1.52 bits per heavy atom. The van der Waals surface area contributed by atoms with E-state index in [2.05, 4.69) is 68.6 Å². The second kappa shape index (κ2) is 10.3. The summed E-state index contributed by atoms with van der Waals surface area (Å²) in [6.07, 6.45) is 0. The average molecular weight is 585 g/mol. The average Bonchev–Trinajstić information content (AvgIpc) is 3.63. The summed E-state index contributed by atoms with van der Waals surface area (Å²) in [5.74, 6) is 0. The van der Waals surface area contributed by atoms with Gasteiger partial charge in [0, 0.05) is 32.9 Å². The number of aromatic nitrogens is 2. The molecule has 0 saturated heterocycles. The van der Waals surface area contributed by atoms with Crippen molar-refractivity contribution >= 4 is 49.3 Å². The lowest BCUT2D eigenvalue weighted by Gasteiger charge is -2.16. The van der Waals surface area contributed by atoms with E-state index in [9.17, 15) is 15.8 Å². The van der Waals surface area contributed by atoms with Crippen molar-refractivity contribution in [1.82, 2.24) is 9.13 Å². The summed E-state index contributed by atoms with van der Waals surface area (Å²) in [6, 6.07) is 46.0. The highest BCUT2D eigenvalue weighted by molar-refractivity contribution is 6.11. The molecule has 0 aliphatic rings. The standard InChI is InChI=1S/C40H20N6/c1-44-29-13-12-27(24-43)34(20-29)28-18-30(45-37-8-4-2-6-32(37)33-7-3-5-9-38(33)45)21-31(19-28)46-39-14-10-25(22-41)16-35(39)36-17-26(23-42)11-15-40(36)46/h2-21H. The van der Waals surface area contributed by atoms with Gasteiger partial charge in [-0.25, -0.2) is 4.85 Å². The molecule has 6 nitrogen and oxygen atoms in total. The van der Waals surface area contributed by atoms with Crippen molar-refractivity contribution in [1.29, 1.82) is 15.8 Å². The number of para-hydroxylation sites is 2. The molecule has 0 unspecified atom stereocenters.